The number of carbonyl (C=O) groups is 2. The van der Waals surface area contributed by atoms with Crippen molar-refractivity contribution in [3.63, 3.8) is 0 Å². The molecule has 0 spiro atoms. The van der Waals surface area contributed by atoms with Crippen molar-refractivity contribution in [2.45, 2.75) is 13.3 Å². The average molecular weight is 352 g/mol. The Morgan fingerprint density at radius 1 is 1.19 bits per heavy atom. The number of hydrogen-bond donors (Lipinski definition) is 3. The second-order valence-electron chi connectivity index (χ2n) is 5.86. The van der Waals surface area contributed by atoms with Gasteiger partial charge in [0.15, 0.2) is 0 Å². The molecule has 0 saturated carbocycles. The number of aromatic amines is 1. The van der Waals surface area contributed by atoms with Crippen molar-refractivity contribution in [3.8, 4) is 5.88 Å². The quantitative estimate of drug-likeness (QED) is 0.613. The van der Waals surface area contributed by atoms with Crippen LogP contribution in [0.15, 0.2) is 42.7 Å². The van der Waals surface area contributed by atoms with E-state index in [1.54, 1.807) is 12.1 Å². The van der Waals surface area contributed by atoms with E-state index in [4.69, 9.17) is 4.74 Å². The first-order chi connectivity index (χ1) is 12.6. The number of carbonyl (C=O) groups excluding carboxylic acids is 2. The third kappa shape index (κ3) is 3.83. The minimum absolute atomic E-state index is 0.369. The van der Waals surface area contributed by atoms with E-state index in [-0.39, 0.29) is 0 Å². The van der Waals surface area contributed by atoms with Crippen molar-refractivity contribution >= 4 is 28.4 Å². The standard InChI is InChI=1S/C19H20N4O3/c1-12-4-3-5-15-17(12)13(10-21-15)8-9-20-18(24)19(25)23-14-6-7-16(26-2)22-11-14/h3-7,10-11,21H,8-9H2,1-2H3,(H,20,24)(H,23,25). The number of hydrogen-bond acceptors (Lipinski definition) is 4. The monoisotopic (exact) mass is 352 g/mol. The highest BCUT2D eigenvalue weighted by atomic mass is 16.5. The molecule has 0 aliphatic rings. The zero-order valence-electron chi connectivity index (χ0n) is 14.6. The number of methoxy groups -OCH3 is 1. The first-order valence-electron chi connectivity index (χ1n) is 8.23. The average Bonchev–Trinajstić information content (AvgIpc) is 3.07. The topological polar surface area (TPSA) is 96.1 Å². The molecular formula is C19H20N4O3. The molecule has 0 aliphatic carbocycles. The Morgan fingerprint density at radius 3 is 2.77 bits per heavy atom. The molecule has 1 aromatic carbocycles. The van der Waals surface area contributed by atoms with Gasteiger partial charge < -0.3 is 20.4 Å². The Labute approximate surface area is 150 Å². The summed E-state index contributed by atoms with van der Waals surface area (Å²) in [6.07, 6.45) is 4.00. The van der Waals surface area contributed by atoms with E-state index in [9.17, 15) is 9.59 Å². The minimum Gasteiger partial charge on any atom is -0.481 e. The third-order valence-corrected chi connectivity index (χ3v) is 4.09. The molecule has 7 heteroatoms. The normalized spacial score (nSPS) is 10.5. The first kappa shape index (κ1) is 17.5. The second kappa shape index (κ2) is 7.69. The molecule has 0 fully saturated rings. The molecule has 3 aromatic rings. The van der Waals surface area contributed by atoms with Gasteiger partial charge in [-0.15, -0.1) is 0 Å². The van der Waals surface area contributed by atoms with Crippen molar-refractivity contribution in [2.24, 2.45) is 0 Å². The zero-order valence-corrected chi connectivity index (χ0v) is 14.6. The predicted octanol–water partition coefficient (Wildman–Crippen LogP) is 2.18. The van der Waals surface area contributed by atoms with Crippen LogP contribution in [0.1, 0.15) is 11.1 Å². The number of rotatable bonds is 5. The molecule has 2 amide bonds. The number of amides is 2. The molecule has 2 heterocycles. The van der Waals surface area contributed by atoms with E-state index in [0.717, 1.165) is 16.5 Å². The Hall–Kier alpha value is -3.35. The lowest BCUT2D eigenvalue weighted by molar-refractivity contribution is -0.136. The molecule has 26 heavy (non-hydrogen) atoms. The molecular weight excluding hydrogens is 332 g/mol. The number of ether oxygens (including phenoxy) is 1. The van der Waals surface area contributed by atoms with Gasteiger partial charge in [0.05, 0.1) is 19.0 Å². The molecule has 0 aliphatic heterocycles. The molecule has 0 atom stereocenters. The zero-order chi connectivity index (χ0) is 18.5. The number of nitrogens with one attached hydrogen (secondary N) is 3. The van der Waals surface area contributed by atoms with E-state index in [1.807, 2.05) is 18.3 Å². The predicted molar refractivity (Wildman–Crippen MR) is 99.2 cm³/mol. The van der Waals surface area contributed by atoms with Crippen molar-refractivity contribution in [1.82, 2.24) is 15.3 Å². The van der Waals surface area contributed by atoms with Crippen LogP contribution >= 0.6 is 0 Å². The number of benzene rings is 1. The fourth-order valence-corrected chi connectivity index (χ4v) is 2.80. The molecule has 7 nitrogen and oxygen atoms in total. The van der Waals surface area contributed by atoms with E-state index in [1.165, 1.54) is 18.9 Å². The molecule has 134 valence electrons. The van der Waals surface area contributed by atoms with Gasteiger partial charge in [0.1, 0.15) is 0 Å². The number of aromatic nitrogens is 2. The van der Waals surface area contributed by atoms with Gasteiger partial charge in [0.2, 0.25) is 5.88 Å². The molecule has 0 saturated heterocycles. The lowest BCUT2D eigenvalue weighted by Gasteiger charge is -2.07. The van der Waals surface area contributed by atoms with Crippen LogP contribution in [0.4, 0.5) is 5.69 Å². The fraction of sp³-hybridized carbons (Fsp3) is 0.211. The van der Waals surface area contributed by atoms with Crippen LogP contribution in [0.5, 0.6) is 5.88 Å². The molecule has 0 radical (unpaired) electrons. The van der Waals surface area contributed by atoms with Crippen LogP contribution < -0.4 is 15.4 Å². The van der Waals surface area contributed by atoms with Gasteiger partial charge in [-0.2, -0.15) is 0 Å². The minimum atomic E-state index is -0.730. The Morgan fingerprint density at radius 2 is 2.04 bits per heavy atom. The summed E-state index contributed by atoms with van der Waals surface area (Å²) in [5.74, 6) is -0.981. The summed E-state index contributed by atoms with van der Waals surface area (Å²) in [5, 5.41) is 6.30. The van der Waals surface area contributed by atoms with Crippen molar-refractivity contribution < 1.29 is 14.3 Å². The number of fused-ring (bicyclic) bond motifs is 1. The number of aryl methyl sites for hydroxylation is 1. The van der Waals surface area contributed by atoms with Crippen molar-refractivity contribution in [1.29, 1.82) is 0 Å². The Kier molecular flexibility index (Phi) is 5.17. The van der Waals surface area contributed by atoms with Gasteiger partial charge in [-0.25, -0.2) is 4.98 Å². The van der Waals surface area contributed by atoms with Crippen LogP contribution in [-0.4, -0.2) is 35.4 Å². The van der Waals surface area contributed by atoms with Crippen LogP contribution in [0.2, 0.25) is 0 Å². The van der Waals surface area contributed by atoms with Crippen LogP contribution in [0, 0.1) is 6.92 Å². The summed E-state index contributed by atoms with van der Waals surface area (Å²) in [7, 11) is 1.50. The number of nitrogens with zero attached hydrogens (tertiary/aromatic N) is 1. The van der Waals surface area contributed by atoms with Crippen molar-refractivity contribution in [2.75, 3.05) is 19.0 Å². The maximum absolute atomic E-state index is 12.0. The molecule has 3 N–H and O–H groups in total. The Balaban J connectivity index is 1.53. The smallest absolute Gasteiger partial charge is 0.313 e. The molecule has 0 bridgehead atoms. The van der Waals surface area contributed by atoms with Gasteiger partial charge in [-0.3, -0.25) is 9.59 Å². The van der Waals surface area contributed by atoms with Gasteiger partial charge in [0, 0.05) is 29.7 Å². The van der Waals surface area contributed by atoms with Crippen LogP contribution in [0.3, 0.4) is 0 Å². The maximum atomic E-state index is 12.0. The number of pyridine rings is 1. The highest BCUT2D eigenvalue weighted by molar-refractivity contribution is 6.39. The number of anilines is 1. The third-order valence-electron chi connectivity index (χ3n) is 4.09. The highest BCUT2D eigenvalue weighted by Crippen LogP contribution is 2.22. The van der Waals surface area contributed by atoms with Crippen molar-refractivity contribution in [3.05, 3.63) is 53.9 Å². The van der Waals surface area contributed by atoms with E-state index in [2.05, 4.69) is 33.6 Å². The fourth-order valence-electron chi connectivity index (χ4n) is 2.80. The van der Waals surface area contributed by atoms with Gasteiger partial charge in [0.25, 0.3) is 0 Å². The SMILES string of the molecule is COc1ccc(NC(=O)C(=O)NCCc2c[nH]c3cccc(C)c23)cn1. The van der Waals surface area contributed by atoms with E-state index < -0.39 is 11.8 Å². The molecule has 2 aromatic heterocycles. The van der Waals surface area contributed by atoms with Gasteiger partial charge >= 0.3 is 11.8 Å². The summed E-state index contributed by atoms with van der Waals surface area (Å²) in [6.45, 7) is 2.42. The van der Waals surface area contributed by atoms with E-state index in [0.29, 0.717) is 24.5 Å². The van der Waals surface area contributed by atoms with E-state index >= 15 is 0 Å². The summed E-state index contributed by atoms with van der Waals surface area (Å²) in [6, 6.07) is 9.28. The van der Waals surface area contributed by atoms with Crippen LogP contribution in [0.25, 0.3) is 10.9 Å². The summed E-state index contributed by atoms with van der Waals surface area (Å²) < 4.78 is 4.94. The lowest BCUT2D eigenvalue weighted by Crippen LogP contribution is -2.36. The number of H-pyrrole nitrogens is 1. The molecule has 0 unspecified atom stereocenters. The van der Waals surface area contributed by atoms with Gasteiger partial charge in [-0.1, -0.05) is 12.1 Å². The lowest BCUT2D eigenvalue weighted by atomic mass is 10.1. The summed E-state index contributed by atoms with van der Waals surface area (Å²) in [4.78, 5) is 31.1. The summed E-state index contributed by atoms with van der Waals surface area (Å²) in [5.41, 5.74) is 3.78. The van der Waals surface area contributed by atoms with Crippen LogP contribution in [-0.2, 0) is 16.0 Å². The Bertz CT molecular complexity index is 932. The molecule has 3 rings (SSSR count). The summed E-state index contributed by atoms with van der Waals surface area (Å²) >= 11 is 0. The van der Waals surface area contributed by atoms with Gasteiger partial charge in [-0.05, 0) is 36.6 Å². The largest absolute Gasteiger partial charge is 0.481 e. The highest BCUT2D eigenvalue weighted by Gasteiger charge is 2.14. The first-order valence-corrected chi connectivity index (χ1v) is 8.23. The maximum Gasteiger partial charge on any atom is 0.313 e. The second-order valence-corrected chi connectivity index (χ2v) is 5.86.